The highest BCUT2D eigenvalue weighted by Crippen LogP contribution is 2.39. The molecular weight excluding hydrogens is 492 g/mol. The van der Waals surface area contributed by atoms with E-state index in [1.165, 1.54) is 17.4 Å². The quantitative estimate of drug-likeness (QED) is 0.212. The second kappa shape index (κ2) is 11.1. The van der Waals surface area contributed by atoms with Crippen molar-refractivity contribution in [1.82, 2.24) is 0 Å². The Balaban J connectivity index is 1.86. The second-order valence-electron chi connectivity index (χ2n) is 7.05. The van der Waals surface area contributed by atoms with Gasteiger partial charge < -0.3 is 14.8 Å². The Hall–Kier alpha value is -2.89. The lowest BCUT2D eigenvalue weighted by Crippen LogP contribution is -2.16. The minimum absolute atomic E-state index is 0.0714. The van der Waals surface area contributed by atoms with Crippen LogP contribution in [0.1, 0.15) is 46.1 Å². The third kappa shape index (κ3) is 5.47. The molecule has 166 valence electrons. The summed E-state index contributed by atoms with van der Waals surface area (Å²) >= 11 is 4.82. The number of amides is 1. The highest BCUT2D eigenvalue weighted by molar-refractivity contribution is 9.10. The molecule has 1 N–H and O–H groups in total. The first kappa shape index (κ1) is 23.8. The normalized spacial score (nSPS) is 13.0. The van der Waals surface area contributed by atoms with E-state index in [-0.39, 0.29) is 12.2 Å². The van der Waals surface area contributed by atoms with E-state index >= 15 is 0 Å². The lowest BCUT2D eigenvalue weighted by atomic mass is 9.95. The van der Waals surface area contributed by atoms with Crippen molar-refractivity contribution in [2.75, 3.05) is 18.5 Å². The predicted octanol–water partition coefficient (Wildman–Crippen LogP) is 5.68. The number of anilines is 1. The van der Waals surface area contributed by atoms with Gasteiger partial charge >= 0.3 is 5.97 Å². The standard InChI is InChI=1S/C24H23BrN2O4S/c1-3-11-31-19-10-9-15(13-18(19)25)12-16(14-26)22(28)27-23-21(24(29)30-4-2)17-7-5-6-8-20(17)32-23/h3,9-10,12-13H,1,4-8,11H2,2H3,(H,27,28)/b16-12+. The predicted molar refractivity (Wildman–Crippen MR) is 129 cm³/mol. The van der Waals surface area contributed by atoms with Crippen molar-refractivity contribution in [2.45, 2.75) is 32.6 Å². The summed E-state index contributed by atoms with van der Waals surface area (Å²) in [7, 11) is 0. The first-order chi connectivity index (χ1) is 15.5. The molecule has 1 aliphatic carbocycles. The summed E-state index contributed by atoms with van der Waals surface area (Å²) in [5.41, 5.74) is 1.96. The molecule has 0 spiro atoms. The molecule has 3 rings (SSSR count). The number of carbonyl (C=O) groups excluding carboxylic acids is 2. The molecule has 32 heavy (non-hydrogen) atoms. The van der Waals surface area contributed by atoms with Gasteiger partial charge in [-0.1, -0.05) is 18.7 Å². The van der Waals surface area contributed by atoms with E-state index in [4.69, 9.17) is 9.47 Å². The molecule has 1 amide bonds. The van der Waals surface area contributed by atoms with Crippen LogP contribution >= 0.6 is 27.3 Å². The SMILES string of the molecule is C=CCOc1ccc(/C=C(\C#N)C(=O)Nc2sc3c(c2C(=O)OCC)CCCC3)cc1Br. The van der Waals surface area contributed by atoms with E-state index < -0.39 is 11.9 Å². The maximum absolute atomic E-state index is 12.9. The van der Waals surface area contributed by atoms with Crippen LogP contribution in [0.3, 0.4) is 0 Å². The fourth-order valence-corrected chi connectivity index (χ4v) is 5.21. The van der Waals surface area contributed by atoms with Gasteiger partial charge in [0.05, 0.1) is 16.6 Å². The Morgan fingerprint density at radius 3 is 2.81 bits per heavy atom. The summed E-state index contributed by atoms with van der Waals surface area (Å²) in [6.45, 7) is 5.98. The molecule has 0 saturated carbocycles. The van der Waals surface area contributed by atoms with E-state index in [0.717, 1.165) is 36.1 Å². The monoisotopic (exact) mass is 514 g/mol. The molecule has 0 aliphatic heterocycles. The molecule has 8 heteroatoms. The lowest BCUT2D eigenvalue weighted by Gasteiger charge is -2.12. The Bertz CT molecular complexity index is 1110. The van der Waals surface area contributed by atoms with E-state index in [9.17, 15) is 14.9 Å². The number of nitrogens with zero attached hydrogens (tertiary/aromatic N) is 1. The number of hydrogen-bond donors (Lipinski definition) is 1. The number of thiophene rings is 1. The van der Waals surface area contributed by atoms with Gasteiger partial charge in [0.2, 0.25) is 0 Å². The minimum Gasteiger partial charge on any atom is -0.488 e. The van der Waals surface area contributed by atoms with Crippen LogP contribution in [-0.4, -0.2) is 25.1 Å². The van der Waals surface area contributed by atoms with Crippen molar-refractivity contribution in [3.63, 3.8) is 0 Å². The van der Waals surface area contributed by atoms with Crippen molar-refractivity contribution in [2.24, 2.45) is 0 Å². The van der Waals surface area contributed by atoms with Crippen LogP contribution in [0, 0.1) is 11.3 Å². The molecule has 0 bridgehead atoms. The maximum atomic E-state index is 12.9. The fraction of sp³-hybridized carbons (Fsp3) is 0.292. The zero-order chi connectivity index (χ0) is 23.1. The molecule has 1 heterocycles. The van der Waals surface area contributed by atoms with E-state index in [1.54, 1.807) is 31.2 Å². The van der Waals surface area contributed by atoms with Gasteiger partial charge in [-0.3, -0.25) is 4.79 Å². The molecule has 2 aromatic rings. The Morgan fingerprint density at radius 1 is 1.34 bits per heavy atom. The van der Waals surface area contributed by atoms with Crippen molar-refractivity contribution >= 4 is 50.2 Å². The number of esters is 1. The average molecular weight is 515 g/mol. The van der Waals surface area contributed by atoms with Crippen LogP contribution in [-0.2, 0) is 22.4 Å². The maximum Gasteiger partial charge on any atom is 0.341 e. The number of benzene rings is 1. The summed E-state index contributed by atoms with van der Waals surface area (Å²) in [6.07, 6.45) is 6.84. The fourth-order valence-electron chi connectivity index (χ4n) is 3.43. The largest absolute Gasteiger partial charge is 0.488 e. The Labute approximate surface area is 199 Å². The van der Waals surface area contributed by atoms with Gasteiger partial charge in [0.25, 0.3) is 5.91 Å². The number of ether oxygens (including phenoxy) is 2. The summed E-state index contributed by atoms with van der Waals surface area (Å²) in [4.78, 5) is 26.6. The molecule has 0 radical (unpaired) electrons. The van der Waals surface area contributed by atoms with Crippen molar-refractivity contribution in [3.8, 4) is 11.8 Å². The van der Waals surface area contributed by atoms with Crippen molar-refractivity contribution < 1.29 is 19.1 Å². The number of nitrogens with one attached hydrogen (secondary N) is 1. The Morgan fingerprint density at radius 2 is 2.12 bits per heavy atom. The van der Waals surface area contributed by atoms with Gasteiger partial charge in [-0.05, 0) is 77.9 Å². The molecule has 0 saturated heterocycles. The third-order valence-electron chi connectivity index (χ3n) is 4.87. The second-order valence-corrected chi connectivity index (χ2v) is 9.01. The first-order valence-electron chi connectivity index (χ1n) is 10.3. The molecule has 6 nitrogen and oxygen atoms in total. The number of hydrogen-bond acceptors (Lipinski definition) is 6. The molecule has 1 aliphatic rings. The van der Waals surface area contributed by atoms with Crippen LogP contribution in [0.25, 0.3) is 6.08 Å². The molecule has 1 aromatic carbocycles. The summed E-state index contributed by atoms with van der Waals surface area (Å²) in [5, 5.41) is 12.8. The van der Waals surface area contributed by atoms with Gasteiger partial charge in [0, 0.05) is 4.88 Å². The highest BCUT2D eigenvalue weighted by atomic mass is 79.9. The number of rotatable bonds is 8. The number of carbonyl (C=O) groups is 2. The number of nitriles is 1. The van der Waals surface area contributed by atoms with Crippen LogP contribution in [0.2, 0.25) is 0 Å². The van der Waals surface area contributed by atoms with Crippen molar-refractivity contribution in [1.29, 1.82) is 5.26 Å². The highest BCUT2D eigenvalue weighted by Gasteiger charge is 2.27. The van der Waals surface area contributed by atoms with Gasteiger partial charge in [0.15, 0.2) is 0 Å². The van der Waals surface area contributed by atoms with Crippen LogP contribution in [0.15, 0.2) is 40.9 Å². The summed E-state index contributed by atoms with van der Waals surface area (Å²) in [6, 6.07) is 7.21. The molecule has 1 aromatic heterocycles. The van der Waals surface area contributed by atoms with E-state index in [1.807, 2.05) is 6.07 Å². The van der Waals surface area contributed by atoms with Crippen LogP contribution in [0.5, 0.6) is 5.75 Å². The molecule has 0 unspecified atom stereocenters. The topological polar surface area (TPSA) is 88.4 Å². The molecular formula is C24H23BrN2O4S. The summed E-state index contributed by atoms with van der Waals surface area (Å²) < 4.78 is 11.4. The zero-order valence-corrected chi connectivity index (χ0v) is 20.1. The number of aryl methyl sites for hydroxylation is 1. The van der Waals surface area contributed by atoms with Gasteiger partial charge in [0.1, 0.15) is 29.0 Å². The minimum atomic E-state index is -0.570. The number of halogens is 1. The van der Waals surface area contributed by atoms with E-state index in [0.29, 0.717) is 33.0 Å². The molecule has 0 fully saturated rings. The zero-order valence-electron chi connectivity index (χ0n) is 17.7. The first-order valence-corrected chi connectivity index (χ1v) is 11.9. The van der Waals surface area contributed by atoms with Crippen LogP contribution in [0.4, 0.5) is 5.00 Å². The third-order valence-corrected chi connectivity index (χ3v) is 6.69. The lowest BCUT2D eigenvalue weighted by molar-refractivity contribution is -0.112. The van der Waals surface area contributed by atoms with Crippen molar-refractivity contribution in [3.05, 3.63) is 62.5 Å². The van der Waals surface area contributed by atoms with Gasteiger partial charge in [-0.15, -0.1) is 11.3 Å². The van der Waals surface area contributed by atoms with Gasteiger partial charge in [-0.25, -0.2) is 4.79 Å². The molecule has 0 atom stereocenters. The number of fused-ring (bicyclic) bond motifs is 1. The van der Waals surface area contributed by atoms with Crippen LogP contribution < -0.4 is 10.1 Å². The van der Waals surface area contributed by atoms with Gasteiger partial charge in [-0.2, -0.15) is 5.26 Å². The summed E-state index contributed by atoms with van der Waals surface area (Å²) in [5.74, 6) is -0.378. The smallest absolute Gasteiger partial charge is 0.341 e. The Kier molecular flexibility index (Phi) is 8.26. The average Bonchev–Trinajstić information content (AvgIpc) is 3.14. The van der Waals surface area contributed by atoms with E-state index in [2.05, 4.69) is 27.8 Å².